The van der Waals surface area contributed by atoms with Gasteiger partial charge in [0.15, 0.2) is 0 Å². The third-order valence-corrected chi connectivity index (χ3v) is 27.3. The second-order valence-corrected chi connectivity index (χ2v) is 35.9. The van der Waals surface area contributed by atoms with E-state index in [1.165, 1.54) is 83.8 Å². The summed E-state index contributed by atoms with van der Waals surface area (Å²) in [5.41, 5.74) is -2.12. The third-order valence-electron chi connectivity index (χ3n) is 25.0. The van der Waals surface area contributed by atoms with E-state index in [4.69, 9.17) is 103 Å². The molecule has 10 aromatic rings. The molecular formula is C92H58BrCl8F6N7O12. The third kappa shape index (κ3) is 14.2. The minimum atomic E-state index is -4.86. The van der Waals surface area contributed by atoms with Crippen LogP contribution in [0.4, 0.5) is 49.1 Å². The molecule has 8 amide bonds. The monoisotopic (exact) mass is 1930 g/mol. The number of carbonyl (C=O) groups is 9. The van der Waals surface area contributed by atoms with Crippen LogP contribution in [0, 0.1) is 79.3 Å². The fraction of sp³-hybridized carbons (Fsp3) is 0.217. The van der Waals surface area contributed by atoms with Gasteiger partial charge in [-0.1, -0.05) is 182 Å². The molecule has 10 aromatic carbocycles. The Kier molecular flexibility index (Phi) is 22.9. The summed E-state index contributed by atoms with van der Waals surface area (Å²) < 4.78 is 90.1. The van der Waals surface area contributed by atoms with E-state index in [0.29, 0.717) is 76.0 Å². The van der Waals surface area contributed by atoms with Gasteiger partial charge in [0, 0.05) is 61.4 Å². The Morgan fingerprint density at radius 1 is 0.381 bits per heavy atom. The number of hydrogen-bond acceptors (Lipinski definition) is 15. The van der Waals surface area contributed by atoms with Gasteiger partial charge in [0.25, 0.3) is 0 Å². The smallest absolute Gasteiger partial charge is 0.465 e. The van der Waals surface area contributed by atoms with Crippen molar-refractivity contribution in [2.75, 3.05) is 26.2 Å². The number of amides is 8. The molecule has 0 bridgehead atoms. The fourth-order valence-corrected chi connectivity index (χ4v) is 21.9. The lowest BCUT2D eigenvalue weighted by molar-refractivity contribution is -0.275. The van der Waals surface area contributed by atoms with Crippen LogP contribution in [0.3, 0.4) is 0 Å². The van der Waals surface area contributed by atoms with Gasteiger partial charge in [0.1, 0.15) is 16.9 Å². The van der Waals surface area contributed by atoms with Gasteiger partial charge in [-0.25, -0.2) is 19.6 Å². The van der Waals surface area contributed by atoms with Crippen LogP contribution in [-0.4, -0.2) is 72.6 Å². The largest absolute Gasteiger partial charge is 0.573 e. The Morgan fingerprint density at radius 3 is 0.913 bits per heavy atom. The van der Waals surface area contributed by atoms with Crippen molar-refractivity contribution in [1.82, 2.24) is 0 Å². The minimum Gasteiger partial charge on any atom is -0.465 e. The molecule has 0 radical (unpaired) electrons. The molecule has 0 aromatic heterocycles. The number of piperidine rings is 4. The molecule has 4 aliphatic heterocycles. The number of esters is 1. The molecule has 12 atom stereocenters. The van der Waals surface area contributed by atoms with Crippen molar-refractivity contribution in [3.63, 3.8) is 0 Å². The summed E-state index contributed by atoms with van der Waals surface area (Å²) in [6, 6.07) is 61.4. The maximum Gasteiger partial charge on any atom is 0.573 e. The van der Waals surface area contributed by atoms with Crippen molar-refractivity contribution >= 4 is 185 Å². The molecule has 18 rings (SSSR count). The van der Waals surface area contributed by atoms with E-state index in [1.807, 2.05) is 31.2 Å². The molecule has 0 spiro atoms. The maximum atomic E-state index is 13.8. The summed E-state index contributed by atoms with van der Waals surface area (Å²) in [6.45, 7) is 8.61. The summed E-state index contributed by atoms with van der Waals surface area (Å²) in [6.07, 6.45) is -9.72. The number of anilines is 4. The molecule has 4 saturated heterocycles. The van der Waals surface area contributed by atoms with Crippen molar-refractivity contribution in [2.45, 2.75) is 69.5 Å². The van der Waals surface area contributed by atoms with Gasteiger partial charge < -0.3 is 14.2 Å². The van der Waals surface area contributed by atoms with Gasteiger partial charge in [0.05, 0.1) is 110 Å². The number of carbonyl (C=O) groups excluding carboxylic acids is 9. The van der Waals surface area contributed by atoms with Crippen molar-refractivity contribution in [3.05, 3.63) is 313 Å². The lowest BCUT2D eigenvalue weighted by Gasteiger charge is -2.30. The van der Waals surface area contributed by atoms with Gasteiger partial charge >= 0.3 is 18.7 Å². The van der Waals surface area contributed by atoms with Gasteiger partial charge in [-0.15, -0.1) is 26.3 Å². The Balaban J connectivity index is 0.000000131. The Morgan fingerprint density at radius 2 is 0.659 bits per heavy atom. The molecule has 4 aliphatic carbocycles. The molecule has 0 unspecified atom stereocenters. The van der Waals surface area contributed by atoms with Crippen LogP contribution in [-0.2, 0) is 64.1 Å². The van der Waals surface area contributed by atoms with Crippen molar-refractivity contribution < 1.29 is 83.7 Å². The highest BCUT2D eigenvalue weighted by Crippen LogP contribution is 2.79. The van der Waals surface area contributed by atoms with Crippen LogP contribution >= 0.6 is 109 Å². The molecule has 19 nitrogen and oxygen atoms in total. The standard InChI is InChI=1S/2C26H15Cl2F3N2O3.C21H16BrCl2NO4.C19H12Cl2N2O2/c2*1-24-21(22(34)33(23(24)35)19-11-17(27)10-18(28)12-19)25(24,15-4-2-14(13-32)3-5-15)16-6-8-20(9-7-16)36-26(29,30)31;1-3-29-19(28)21(11-4-6-12(22)7-5-11)16-17(26)25(18(27)20(16,21)2)15-9-13(23)8-14(24)10-15;1-19-15(11-4-2-10(9-22)3-5-11)16(19)17(24)23(18(19)25)14-7-12(20)6-13(21)8-14/h2*2-12,21H,1H3;4-10,16H,3H2,1-2H3;2-8,15-16H,1H3/t21-,24-,25+;21-,24-,25-;16-,20-,21-;15-,16-,19-/m1111/s1. The first kappa shape index (κ1) is 89.5. The number of ether oxygens (including phenoxy) is 3. The first-order chi connectivity index (χ1) is 59.4. The number of benzene rings is 10. The number of hydrogen-bond donors (Lipinski definition) is 0. The van der Waals surface area contributed by atoms with Crippen molar-refractivity contribution in [1.29, 1.82) is 15.8 Å². The second-order valence-electron chi connectivity index (χ2n) is 31.5. The van der Waals surface area contributed by atoms with Crippen LogP contribution in [0.2, 0.25) is 40.2 Å². The zero-order valence-corrected chi connectivity index (χ0v) is 73.2. The zero-order chi connectivity index (χ0) is 91.2. The average Bonchev–Trinajstić information content (AvgIpc) is 1.55. The van der Waals surface area contributed by atoms with E-state index in [0.717, 1.165) is 49.0 Å². The number of fused-ring (bicyclic) bond motifs is 4. The highest BCUT2D eigenvalue weighted by molar-refractivity contribution is 9.10. The van der Waals surface area contributed by atoms with E-state index < -0.39 is 127 Å². The van der Waals surface area contributed by atoms with E-state index >= 15 is 0 Å². The molecule has 8 aliphatic rings. The predicted octanol–water partition coefficient (Wildman–Crippen LogP) is 21.4. The van der Waals surface area contributed by atoms with E-state index in [-0.39, 0.29) is 55.8 Å². The quantitative estimate of drug-likeness (QED) is 0.0556. The Labute approximate surface area is 762 Å². The lowest BCUT2D eigenvalue weighted by atomic mass is 9.78. The molecule has 34 heteroatoms. The van der Waals surface area contributed by atoms with Crippen LogP contribution < -0.4 is 29.1 Å². The molecule has 8 fully saturated rings. The number of halogens is 15. The van der Waals surface area contributed by atoms with Gasteiger partial charge in [-0.05, 0) is 214 Å². The zero-order valence-electron chi connectivity index (χ0n) is 65.6. The maximum absolute atomic E-state index is 13.8. The highest BCUT2D eigenvalue weighted by Gasteiger charge is 2.91. The molecule has 0 N–H and O–H groups in total. The predicted molar refractivity (Wildman–Crippen MR) is 459 cm³/mol. The second kappa shape index (κ2) is 32.2. The van der Waals surface area contributed by atoms with Gasteiger partial charge in [-0.3, -0.25) is 43.2 Å². The first-order valence-electron chi connectivity index (χ1n) is 38.0. The molecule has 126 heavy (non-hydrogen) atoms. The highest BCUT2D eigenvalue weighted by atomic mass is 79.9. The molecule has 638 valence electrons. The Hall–Kier alpha value is -11.3. The number of nitrogens with zero attached hydrogens (tertiary/aromatic N) is 7. The molecule has 4 heterocycles. The van der Waals surface area contributed by atoms with E-state index in [2.05, 4.69) is 31.5 Å². The van der Waals surface area contributed by atoms with Gasteiger partial charge in [0.2, 0.25) is 47.3 Å². The summed E-state index contributed by atoms with van der Waals surface area (Å²) >= 11 is 51.8. The lowest BCUT2D eigenvalue weighted by Crippen LogP contribution is -2.45. The Bertz CT molecular complexity index is 6160. The number of rotatable bonds is 14. The summed E-state index contributed by atoms with van der Waals surface area (Å²) in [4.78, 5) is 125. The normalized spacial score (nSPS) is 26.0. The van der Waals surface area contributed by atoms with E-state index in [9.17, 15) is 80.0 Å². The average molecular weight is 1930 g/mol. The number of imide groups is 4. The van der Waals surface area contributed by atoms with Crippen molar-refractivity contribution in [2.24, 2.45) is 45.3 Å². The van der Waals surface area contributed by atoms with E-state index in [1.54, 1.807) is 131 Å². The molecule has 4 saturated carbocycles. The number of alkyl halides is 6. The SMILES string of the molecule is CCOC(=O)[C@@]1(c2ccc(Br)cc2)[C@@H]2C(=O)N(c3cc(Cl)cc(Cl)c3)C(=O)[C@@]21C.C[C@]12C(=O)N(c3cc(Cl)cc(Cl)c3)C(=O)[C@H]1[C@@]2(c1ccc(C#N)cc1)c1ccc(OC(F)(F)F)cc1.C[C@]12C(=O)N(c3cc(Cl)cc(Cl)c3)C(=O)[C@H]1[C@H]2c1ccc(C#N)cc1.C[C@]12C(=O)N(c3cc(Cl)cc(Cl)c3)C(=O)[C@H]1[C@]2(c1ccc(C#N)cc1)c1ccc(OC(F)(F)F)cc1. The van der Waals surface area contributed by atoms with Crippen molar-refractivity contribution in [3.8, 4) is 29.7 Å². The summed E-state index contributed by atoms with van der Waals surface area (Å²) in [5, 5.41) is 29.7. The molecular weight excluding hydrogens is 1870 g/mol. The first-order valence-corrected chi connectivity index (χ1v) is 41.8. The van der Waals surface area contributed by atoms with Crippen LogP contribution in [0.15, 0.2) is 223 Å². The summed E-state index contributed by atoms with van der Waals surface area (Å²) in [5.74, 6) is -7.90. The van der Waals surface area contributed by atoms with Crippen LogP contribution in [0.5, 0.6) is 11.5 Å². The van der Waals surface area contributed by atoms with Crippen LogP contribution in [0.25, 0.3) is 0 Å². The fourth-order valence-electron chi connectivity index (χ4n) is 19.6. The number of nitriles is 3. The summed E-state index contributed by atoms with van der Waals surface area (Å²) in [7, 11) is 0. The topological polar surface area (TPSA) is 266 Å². The minimum absolute atomic E-state index is 0.149. The van der Waals surface area contributed by atoms with Crippen LogP contribution in [0.1, 0.15) is 90.6 Å². The van der Waals surface area contributed by atoms with Gasteiger partial charge in [-0.2, -0.15) is 15.8 Å².